The molecular formula is C25H20F3N3O2S2. The summed E-state index contributed by atoms with van der Waals surface area (Å²) in [6.07, 6.45) is -4.46. The van der Waals surface area contributed by atoms with Gasteiger partial charge in [0.25, 0.3) is 5.91 Å². The molecule has 2 amide bonds. The normalized spacial score (nSPS) is 11.5. The van der Waals surface area contributed by atoms with Crippen LogP contribution in [0.1, 0.15) is 27.0 Å². The molecule has 0 spiro atoms. The quantitative estimate of drug-likeness (QED) is 0.274. The molecule has 4 rings (SSSR count). The minimum atomic E-state index is -4.46. The Morgan fingerprint density at radius 1 is 0.971 bits per heavy atom. The molecule has 0 fully saturated rings. The van der Waals surface area contributed by atoms with Crippen molar-refractivity contribution in [3.05, 3.63) is 82.9 Å². The van der Waals surface area contributed by atoms with Crippen molar-refractivity contribution in [2.24, 2.45) is 0 Å². The largest absolute Gasteiger partial charge is 0.416 e. The van der Waals surface area contributed by atoms with E-state index in [0.717, 1.165) is 39.4 Å². The number of alkyl halides is 3. The molecule has 0 bridgehead atoms. The van der Waals surface area contributed by atoms with Gasteiger partial charge in [0.2, 0.25) is 5.91 Å². The molecule has 4 aromatic rings. The molecule has 0 radical (unpaired) electrons. The van der Waals surface area contributed by atoms with Gasteiger partial charge in [0, 0.05) is 16.1 Å². The third kappa shape index (κ3) is 6.20. The average molecular weight is 516 g/mol. The molecule has 0 saturated carbocycles. The van der Waals surface area contributed by atoms with Crippen LogP contribution in [0.2, 0.25) is 0 Å². The predicted molar refractivity (Wildman–Crippen MR) is 134 cm³/mol. The van der Waals surface area contributed by atoms with E-state index in [1.165, 1.54) is 28.7 Å². The lowest BCUT2D eigenvalue weighted by Crippen LogP contribution is -2.13. The van der Waals surface area contributed by atoms with Crippen LogP contribution >= 0.6 is 23.1 Å². The summed E-state index contributed by atoms with van der Waals surface area (Å²) in [5.74, 6) is -0.441. The molecule has 10 heteroatoms. The summed E-state index contributed by atoms with van der Waals surface area (Å²) in [4.78, 5) is 30.2. The van der Waals surface area contributed by atoms with Crippen molar-refractivity contribution < 1.29 is 22.8 Å². The summed E-state index contributed by atoms with van der Waals surface area (Å²) in [6, 6.07) is 15.3. The number of nitrogens with one attached hydrogen (secondary N) is 2. The molecule has 0 saturated heterocycles. The second-order valence-corrected chi connectivity index (χ2v) is 9.88. The highest BCUT2D eigenvalue weighted by Gasteiger charge is 2.30. The van der Waals surface area contributed by atoms with Crippen LogP contribution in [0.4, 0.5) is 24.0 Å². The highest BCUT2D eigenvalue weighted by Crippen LogP contribution is 2.31. The number of amides is 2. The predicted octanol–water partition coefficient (Wildman–Crippen LogP) is 6.92. The zero-order valence-corrected chi connectivity index (χ0v) is 20.3. The Kier molecular flexibility index (Phi) is 7.13. The lowest BCUT2D eigenvalue weighted by atomic mass is 10.1. The Hall–Kier alpha value is -3.37. The number of carbonyl (C=O) groups is 2. The number of aryl methyl sites for hydroxylation is 2. The molecule has 180 valence electrons. The molecular weight excluding hydrogens is 495 g/mol. The van der Waals surface area contributed by atoms with Crippen LogP contribution in [-0.2, 0) is 11.0 Å². The van der Waals surface area contributed by atoms with Gasteiger partial charge in [-0.05, 0) is 67.9 Å². The van der Waals surface area contributed by atoms with E-state index in [1.807, 2.05) is 26.0 Å². The standard InChI is InChI=1S/C25H20F3N3O2S2/c1-14-3-10-20(15(2)11-14)34-13-22(32)29-18-8-9-19-21(12-18)35-24(30-19)31-23(33)16-4-6-17(7-5-16)25(26,27)28/h3-12H,13H2,1-2H3,(H,29,32)(H,30,31,33). The third-order valence-corrected chi connectivity index (χ3v) is 7.17. The second-order valence-electron chi connectivity index (χ2n) is 7.84. The number of anilines is 2. The molecule has 0 unspecified atom stereocenters. The van der Waals surface area contributed by atoms with Crippen molar-refractivity contribution >= 4 is 55.9 Å². The smallest absolute Gasteiger partial charge is 0.325 e. The van der Waals surface area contributed by atoms with E-state index in [2.05, 4.69) is 21.7 Å². The number of aromatic nitrogens is 1. The first-order valence-electron chi connectivity index (χ1n) is 10.5. The second kappa shape index (κ2) is 10.1. The van der Waals surface area contributed by atoms with Gasteiger partial charge < -0.3 is 5.32 Å². The van der Waals surface area contributed by atoms with Crippen molar-refractivity contribution in [2.75, 3.05) is 16.4 Å². The van der Waals surface area contributed by atoms with Crippen LogP contribution in [0, 0.1) is 13.8 Å². The Morgan fingerprint density at radius 3 is 2.40 bits per heavy atom. The van der Waals surface area contributed by atoms with Crippen LogP contribution in [0.5, 0.6) is 0 Å². The highest BCUT2D eigenvalue weighted by molar-refractivity contribution is 8.00. The van der Waals surface area contributed by atoms with E-state index in [1.54, 1.807) is 18.2 Å². The van der Waals surface area contributed by atoms with Gasteiger partial charge in [0.05, 0.1) is 21.5 Å². The zero-order chi connectivity index (χ0) is 25.2. The van der Waals surface area contributed by atoms with E-state index in [0.29, 0.717) is 16.3 Å². The maximum atomic E-state index is 12.7. The SMILES string of the molecule is Cc1ccc(SCC(=O)Nc2ccc3nc(NC(=O)c4ccc(C(F)(F)F)cc4)sc3c2)c(C)c1. The fourth-order valence-corrected chi connectivity index (χ4v) is 5.05. The number of thiazole rings is 1. The first kappa shape index (κ1) is 24.7. The summed E-state index contributed by atoms with van der Waals surface area (Å²) in [7, 11) is 0. The van der Waals surface area contributed by atoms with E-state index in [-0.39, 0.29) is 17.2 Å². The van der Waals surface area contributed by atoms with Crippen molar-refractivity contribution in [2.45, 2.75) is 24.9 Å². The maximum absolute atomic E-state index is 12.7. The highest BCUT2D eigenvalue weighted by atomic mass is 32.2. The van der Waals surface area contributed by atoms with Crippen molar-refractivity contribution in [1.29, 1.82) is 0 Å². The number of halogens is 3. The molecule has 3 aromatic carbocycles. The number of thioether (sulfide) groups is 1. The van der Waals surface area contributed by atoms with E-state index >= 15 is 0 Å². The molecule has 35 heavy (non-hydrogen) atoms. The van der Waals surface area contributed by atoms with Gasteiger partial charge in [0.1, 0.15) is 0 Å². The number of carbonyl (C=O) groups excluding carboxylic acids is 2. The fourth-order valence-electron chi connectivity index (χ4n) is 3.34. The van der Waals surface area contributed by atoms with Gasteiger partial charge in [-0.15, -0.1) is 11.8 Å². The molecule has 0 aliphatic heterocycles. The first-order valence-corrected chi connectivity index (χ1v) is 12.3. The molecule has 0 aliphatic carbocycles. The number of fused-ring (bicyclic) bond motifs is 1. The maximum Gasteiger partial charge on any atom is 0.416 e. The van der Waals surface area contributed by atoms with Gasteiger partial charge in [-0.25, -0.2) is 4.98 Å². The molecule has 2 N–H and O–H groups in total. The van der Waals surface area contributed by atoms with E-state index in [9.17, 15) is 22.8 Å². The minimum absolute atomic E-state index is 0.0894. The lowest BCUT2D eigenvalue weighted by Gasteiger charge is -2.07. The Morgan fingerprint density at radius 2 is 1.71 bits per heavy atom. The van der Waals surface area contributed by atoms with Crippen LogP contribution in [-0.4, -0.2) is 22.6 Å². The number of rotatable bonds is 6. The Balaban J connectivity index is 1.38. The van der Waals surface area contributed by atoms with Gasteiger partial charge in [-0.2, -0.15) is 13.2 Å². The average Bonchev–Trinajstić information content (AvgIpc) is 3.19. The topological polar surface area (TPSA) is 71.1 Å². The molecule has 1 aromatic heterocycles. The number of hydrogen-bond donors (Lipinski definition) is 2. The fraction of sp³-hybridized carbons (Fsp3) is 0.160. The Bertz CT molecular complexity index is 1400. The van der Waals surface area contributed by atoms with Crippen LogP contribution in [0.25, 0.3) is 10.2 Å². The van der Waals surface area contributed by atoms with E-state index < -0.39 is 17.6 Å². The first-order chi connectivity index (χ1) is 16.6. The minimum Gasteiger partial charge on any atom is -0.325 e. The van der Waals surface area contributed by atoms with Gasteiger partial charge in [-0.3, -0.25) is 14.9 Å². The summed E-state index contributed by atoms with van der Waals surface area (Å²) >= 11 is 2.67. The third-order valence-electron chi connectivity index (χ3n) is 5.06. The molecule has 5 nitrogen and oxygen atoms in total. The lowest BCUT2D eigenvalue weighted by molar-refractivity contribution is -0.137. The molecule has 0 aliphatic rings. The summed E-state index contributed by atoms with van der Waals surface area (Å²) in [5, 5.41) is 5.78. The number of hydrogen-bond acceptors (Lipinski definition) is 5. The van der Waals surface area contributed by atoms with E-state index in [4.69, 9.17) is 0 Å². The van der Waals surface area contributed by atoms with Crippen LogP contribution in [0.15, 0.2) is 65.6 Å². The van der Waals surface area contributed by atoms with Crippen molar-refractivity contribution in [1.82, 2.24) is 4.98 Å². The molecule has 0 atom stereocenters. The monoisotopic (exact) mass is 515 g/mol. The van der Waals surface area contributed by atoms with Crippen molar-refractivity contribution in [3.8, 4) is 0 Å². The summed E-state index contributed by atoms with van der Waals surface area (Å²) in [5.41, 5.74) is 2.79. The summed E-state index contributed by atoms with van der Waals surface area (Å²) in [6.45, 7) is 4.04. The number of benzene rings is 3. The summed E-state index contributed by atoms with van der Waals surface area (Å²) < 4.78 is 38.9. The van der Waals surface area contributed by atoms with Crippen LogP contribution < -0.4 is 10.6 Å². The molecule has 1 heterocycles. The van der Waals surface area contributed by atoms with Crippen molar-refractivity contribution in [3.63, 3.8) is 0 Å². The van der Waals surface area contributed by atoms with Crippen LogP contribution in [0.3, 0.4) is 0 Å². The van der Waals surface area contributed by atoms with Gasteiger partial charge in [-0.1, -0.05) is 29.0 Å². The zero-order valence-electron chi connectivity index (χ0n) is 18.7. The van der Waals surface area contributed by atoms with Gasteiger partial charge in [0.15, 0.2) is 5.13 Å². The van der Waals surface area contributed by atoms with Gasteiger partial charge >= 0.3 is 6.18 Å². The Labute approximate surface area is 207 Å². The number of nitrogens with zero attached hydrogens (tertiary/aromatic N) is 1.